The zero-order valence-electron chi connectivity index (χ0n) is 9.90. The van der Waals surface area contributed by atoms with Crippen molar-refractivity contribution >= 4 is 31.6 Å². The van der Waals surface area contributed by atoms with E-state index in [1.807, 2.05) is 13.0 Å². The fourth-order valence-electron chi connectivity index (χ4n) is 1.27. The second-order valence-electron chi connectivity index (χ2n) is 3.78. The number of rotatable bonds is 6. The van der Waals surface area contributed by atoms with Gasteiger partial charge in [0.05, 0.1) is 5.25 Å². The number of hydrogen-bond donors (Lipinski definition) is 2. The van der Waals surface area contributed by atoms with Crippen LogP contribution in [0.4, 0.5) is 5.69 Å². The Morgan fingerprint density at radius 1 is 1.41 bits per heavy atom. The van der Waals surface area contributed by atoms with E-state index in [1.165, 1.54) is 0 Å². The minimum Gasteiger partial charge on any atom is -0.316 e. The van der Waals surface area contributed by atoms with Gasteiger partial charge in [-0.1, -0.05) is 28.9 Å². The minimum absolute atomic E-state index is 0.444. The zero-order valence-corrected chi connectivity index (χ0v) is 12.3. The first-order chi connectivity index (χ1) is 7.95. The van der Waals surface area contributed by atoms with Crippen molar-refractivity contribution < 1.29 is 8.42 Å². The van der Waals surface area contributed by atoms with Crippen molar-refractivity contribution in [1.29, 1.82) is 0 Å². The summed E-state index contributed by atoms with van der Waals surface area (Å²) in [5, 5.41) is 2.55. The van der Waals surface area contributed by atoms with Crippen LogP contribution in [0.3, 0.4) is 0 Å². The lowest BCUT2D eigenvalue weighted by Crippen LogP contribution is -2.34. The summed E-state index contributed by atoms with van der Waals surface area (Å²) in [6.07, 6.45) is 0. The first-order valence-electron chi connectivity index (χ1n) is 5.43. The molecule has 0 saturated carbocycles. The molecule has 0 bridgehead atoms. The van der Waals surface area contributed by atoms with Crippen LogP contribution < -0.4 is 10.0 Å². The maximum Gasteiger partial charge on any atom is 0.236 e. The molecule has 0 saturated heterocycles. The van der Waals surface area contributed by atoms with Gasteiger partial charge in [-0.3, -0.25) is 4.72 Å². The Hall–Kier alpha value is -0.590. The molecule has 0 aliphatic carbocycles. The molecule has 1 unspecified atom stereocenters. The number of halogens is 1. The van der Waals surface area contributed by atoms with Gasteiger partial charge in [-0.25, -0.2) is 8.42 Å². The molecule has 0 heterocycles. The smallest absolute Gasteiger partial charge is 0.236 e. The average molecular weight is 321 g/mol. The van der Waals surface area contributed by atoms with Gasteiger partial charge in [0.1, 0.15) is 0 Å². The summed E-state index contributed by atoms with van der Waals surface area (Å²) in [6, 6.07) is 7.09. The van der Waals surface area contributed by atoms with Gasteiger partial charge in [-0.05, 0) is 31.7 Å². The van der Waals surface area contributed by atoms with E-state index in [9.17, 15) is 8.42 Å². The van der Waals surface area contributed by atoms with Crippen molar-refractivity contribution in [2.45, 2.75) is 19.1 Å². The standard InChI is InChI=1S/C11H17BrN2O2S/c1-3-13-8-9(2)17(15,16)14-11-6-4-5-10(12)7-11/h4-7,9,13-14H,3,8H2,1-2H3. The van der Waals surface area contributed by atoms with Gasteiger partial charge in [0, 0.05) is 16.7 Å². The molecule has 0 spiro atoms. The van der Waals surface area contributed by atoms with Gasteiger partial charge >= 0.3 is 0 Å². The maximum atomic E-state index is 12.0. The Bertz CT molecular complexity index is 462. The predicted molar refractivity (Wildman–Crippen MR) is 74.7 cm³/mol. The topological polar surface area (TPSA) is 58.2 Å². The third-order valence-electron chi connectivity index (χ3n) is 2.30. The van der Waals surface area contributed by atoms with E-state index in [2.05, 4.69) is 26.0 Å². The lowest BCUT2D eigenvalue weighted by molar-refractivity contribution is 0.579. The Kier molecular flexibility index (Phi) is 5.42. The van der Waals surface area contributed by atoms with Crippen LogP contribution >= 0.6 is 15.9 Å². The average Bonchev–Trinajstić information content (AvgIpc) is 2.25. The summed E-state index contributed by atoms with van der Waals surface area (Å²) < 4.78 is 27.3. The zero-order chi connectivity index (χ0) is 12.9. The molecule has 96 valence electrons. The maximum absolute atomic E-state index is 12.0. The molecule has 0 aromatic heterocycles. The molecule has 0 radical (unpaired) electrons. The highest BCUT2D eigenvalue weighted by Gasteiger charge is 2.19. The van der Waals surface area contributed by atoms with Crippen LogP contribution in [0, 0.1) is 0 Å². The third-order valence-corrected chi connectivity index (χ3v) is 4.54. The van der Waals surface area contributed by atoms with E-state index in [0.29, 0.717) is 12.2 Å². The molecule has 1 atom stereocenters. The van der Waals surface area contributed by atoms with E-state index in [-0.39, 0.29) is 0 Å². The van der Waals surface area contributed by atoms with Crippen LogP contribution in [0.2, 0.25) is 0 Å². The second kappa shape index (κ2) is 6.37. The van der Waals surface area contributed by atoms with E-state index < -0.39 is 15.3 Å². The summed E-state index contributed by atoms with van der Waals surface area (Å²) in [5.74, 6) is 0. The van der Waals surface area contributed by atoms with E-state index in [4.69, 9.17) is 0 Å². The number of nitrogens with one attached hydrogen (secondary N) is 2. The molecule has 4 nitrogen and oxygen atoms in total. The lowest BCUT2D eigenvalue weighted by atomic mass is 10.3. The molecule has 0 amide bonds. The van der Waals surface area contributed by atoms with Crippen LogP contribution in [0.25, 0.3) is 0 Å². The number of benzene rings is 1. The SMILES string of the molecule is CCNCC(C)S(=O)(=O)Nc1cccc(Br)c1. The van der Waals surface area contributed by atoms with Crippen LogP contribution in [-0.4, -0.2) is 26.8 Å². The van der Waals surface area contributed by atoms with Gasteiger partial charge in [0.15, 0.2) is 0 Å². The Balaban J connectivity index is 2.72. The largest absolute Gasteiger partial charge is 0.316 e. The molecular weight excluding hydrogens is 304 g/mol. The highest BCUT2D eigenvalue weighted by Crippen LogP contribution is 2.17. The summed E-state index contributed by atoms with van der Waals surface area (Å²) in [4.78, 5) is 0. The van der Waals surface area contributed by atoms with E-state index in [1.54, 1.807) is 25.1 Å². The van der Waals surface area contributed by atoms with Crippen LogP contribution in [0.5, 0.6) is 0 Å². The monoisotopic (exact) mass is 320 g/mol. The van der Waals surface area contributed by atoms with Gasteiger partial charge in [0.25, 0.3) is 0 Å². The number of anilines is 1. The highest BCUT2D eigenvalue weighted by atomic mass is 79.9. The first-order valence-corrected chi connectivity index (χ1v) is 7.77. The second-order valence-corrected chi connectivity index (χ2v) is 6.79. The van der Waals surface area contributed by atoms with Gasteiger partial charge in [-0.15, -0.1) is 0 Å². The Morgan fingerprint density at radius 2 is 2.12 bits per heavy atom. The Morgan fingerprint density at radius 3 is 2.71 bits per heavy atom. The first kappa shape index (κ1) is 14.5. The van der Waals surface area contributed by atoms with Crippen molar-refractivity contribution in [2.24, 2.45) is 0 Å². The molecule has 6 heteroatoms. The third kappa shape index (κ3) is 4.65. The van der Waals surface area contributed by atoms with Gasteiger partial charge < -0.3 is 5.32 Å². The summed E-state index contributed by atoms with van der Waals surface area (Å²) in [6.45, 7) is 4.83. The van der Waals surface area contributed by atoms with Crippen LogP contribution in [0.1, 0.15) is 13.8 Å². The molecule has 0 aliphatic rings. The van der Waals surface area contributed by atoms with Crippen LogP contribution in [0.15, 0.2) is 28.7 Å². The molecule has 1 rings (SSSR count). The molecule has 1 aromatic rings. The summed E-state index contributed by atoms with van der Waals surface area (Å²) >= 11 is 3.30. The van der Waals surface area contributed by atoms with Crippen molar-refractivity contribution in [3.63, 3.8) is 0 Å². The molecule has 17 heavy (non-hydrogen) atoms. The lowest BCUT2D eigenvalue weighted by Gasteiger charge is -2.15. The number of hydrogen-bond acceptors (Lipinski definition) is 3. The van der Waals surface area contributed by atoms with Crippen molar-refractivity contribution in [1.82, 2.24) is 5.32 Å². The predicted octanol–water partition coefficient (Wildman–Crippen LogP) is 2.19. The minimum atomic E-state index is -3.34. The quantitative estimate of drug-likeness (QED) is 0.844. The Labute approximate surface area is 111 Å². The fourth-order valence-corrected chi connectivity index (χ4v) is 2.67. The van der Waals surface area contributed by atoms with Crippen molar-refractivity contribution in [3.05, 3.63) is 28.7 Å². The molecule has 2 N–H and O–H groups in total. The van der Waals surface area contributed by atoms with Crippen LogP contribution in [-0.2, 0) is 10.0 Å². The van der Waals surface area contributed by atoms with E-state index in [0.717, 1.165) is 11.0 Å². The van der Waals surface area contributed by atoms with Gasteiger partial charge in [0.2, 0.25) is 10.0 Å². The normalized spacial score (nSPS) is 13.4. The number of sulfonamides is 1. The van der Waals surface area contributed by atoms with Gasteiger partial charge in [-0.2, -0.15) is 0 Å². The molecule has 0 fully saturated rings. The fraction of sp³-hybridized carbons (Fsp3) is 0.455. The molecule has 0 aliphatic heterocycles. The summed E-state index contributed by atoms with van der Waals surface area (Å²) in [7, 11) is -3.34. The molecular formula is C11H17BrN2O2S. The van der Waals surface area contributed by atoms with Crippen molar-refractivity contribution in [3.8, 4) is 0 Å². The summed E-state index contributed by atoms with van der Waals surface area (Å²) in [5.41, 5.74) is 0.572. The molecule has 1 aromatic carbocycles. The highest BCUT2D eigenvalue weighted by molar-refractivity contribution is 9.10. The van der Waals surface area contributed by atoms with E-state index >= 15 is 0 Å². The van der Waals surface area contributed by atoms with Crippen molar-refractivity contribution in [2.75, 3.05) is 17.8 Å².